The first-order valence-corrected chi connectivity index (χ1v) is 8.11. The van der Waals surface area contributed by atoms with Gasteiger partial charge in [-0.05, 0) is 35.2 Å². The van der Waals surface area contributed by atoms with Crippen LogP contribution in [0, 0.1) is 5.82 Å². The Bertz CT molecular complexity index is 944. The molecule has 2 aromatic carbocycles. The van der Waals surface area contributed by atoms with E-state index >= 15 is 0 Å². The zero-order chi connectivity index (χ0) is 18.1. The van der Waals surface area contributed by atoms with Gasteiger partial charge in [-0.15, -0.1) is 0 Å². The predicted molar refractivity (Wildman–Crippen MR) is 95.7 cm³/mol. The van der Waals surface area contributed by atoms with Gasteiger partial charge in [0.2, 0.25) is 0 Å². The van der Waals surface area contributed by atoms with Crippen LogP contribution in [0.2, 0.25) is 0 Å². The number of H-pyrrole nitrogens is 1. The number of hydrogen-bond acceptors (Lipinski definition) is 2. The molecule has 5 heteroatoms. The summed E-state index contributed by atoms with van der Waals surface area (Å²) in [5.74, 6) is -0.974. The smallest absolute Gasteiger partial charge is 0.307 e. The number of nitrogens with one attached hydrogen (secondary N) is 1. The molecule has 0 amide bonds. The summed E-state index contributed by atoms with van der Waals surface area (Å²) in [5.41, 5.74) is 3.89. The first-order valence-electron chi connectivity index (χ1n) is 8.11. The second-order valence-electron chi connectivity index (χ2n) is 6.32. The molecular formula is C20H20FNO3. The molecule has 0 saturated carbocycles. The van der Waals surface area contributed by atoms with Crippen LogP contribution in [-0.4, -0.2) is 23.2 Å². The Morgan fingerprint density at radius 1 is 1.28 bits per heavy atom. The number of aliphatic carboxylic acids is 1. The van der Waals surface area contributed by atoms with Gasteiger partial charge in [0.05, 0.1) is 19.2 Å². The summed E-state index contributed by atoms with van der Waals surface area (Å²) in [6.45, 7) is 4.17. The molecule has 0 radical (unpaired) electrons. The van der Waals surface area contributed by atoms with Gasteiger partial charge < -0.3 is 14.8 Å². The second-order valence-corrected chi connectivity index (χ2v) is 6.32. The number of aromatic amines is 1. The van der Waals surface area contributed by atoms with Gasteiger partial charge in [-0.1, -0.05) is 32.0 Å². The molecule has 0 saturated heterocycles. The minimum atomic E-state index is -0.925. The Kier molecular flexibility index (Phi) is 4.49. The fourth-order valence-corrected chi connectivity index (χ4v) is 3.18. The van der Waals surface area contributed by atoms with Crippen LogP contribution in [0.1, 0.15) is 30.9 Å². The summed E-state index contributed by atoms with van der Waals surface area (Å²) in [7, 11) is 1.41. The van der Waals surface area contributed by atoms with Crippen molar-refractivity contribution in [3.63, 3.8) is 0 Å². The zero-order valence-corrected chi connectivity index (χ0v) is 14.4. The molecule has 0 aliphatic heterocycles. The largest absolute Gasteiger partial charge is 0.494 e. The SMILES string of the molecule is COc1ccc(-c2[nH]c3c(C(C)C)cccc3c2CC(=O)O)cc1F. The monoisotopic (exact) mass is 341 g/mol. The van der Waals surface area contributed by atoms with Gasteiger partial charge in [0.25, 0.3) is 0 Å². The number of aromatic nitrogens is 1. The van der Waals surface area contributed by atoms with E-state index in [9.17, 15) is 14.3 Å². The molecule has 0 aliphatic carbocycles. The van der Waals surface area contributed by atoms with E-state index in [4.69, 9.17) is 4.74 Å². The van der Waals surface area contributed by atoms with Gasteiger partial charge in [0.15, 0.2) is 11.6 Å². The zero-order valence-electron chi connectivity index (χ0n) is 14.4. The number of carboxylic acid groups (broad SMARTS) is 1. The molecule has 0 unspecified atom stereocenters. The Hall–Kier alpha value is -2.82. The lowest BCUT2D eigenvalue weighted by molar-refractivity contribution is -0.136. The highest BCUT2D eigenvalue weighted by atomic mass is 19.1. The molecule has 1 aromatic heterocycles. The lowest BCUT2D eigenvalue weighted by Gasteiger charge is -2.06. The number of fused-ring (bicyclic) bond motifs is 1. The number of benzene rings is 2. The lowest BCUT2D eigenvalue weighted by Crippen LogP contribution is -2.01. The van der Waals surface area contributed by atoms with Gasteiger partial charge in [0.1, 0.15) is 0 Å². The van der Waals surface area contributed by atoms with Gasteiger partial charge in [-0.3, -0.25) is 4.79 Å². The maximum atomic E-state index is 14.1. The number of methoxy groups -OCH3 is 1. The lowest BCUT2D eigenvalue weighted by atomic mass is 9.98. The number of carbonyl (C=O) groups is 1. The highest BCUT2D eigenvalue weighted by Crippen LogP contribution is 2.35. The Morgan fingerprint density at radius 3 is 2.64 bits per heavy atom. The molecule has 0 bridgehead atoms. The van der Waals surface area contributed by atoms with Crippen LogP contribution in [-0.2, 0) is 11.2 Å². The van der Waals surface area contributed by atoms with E-state index in [0.717, 1.165) is 16.5 Å². The molecule has 25 heavy (non-hydrogen) atoms. The van der Waals surface area contributed by atoms with Crippen molar-refractivity contribution in [2.24, 2.45) is 0 Å². The van der Waals surface area contributed by atoms with E-state index in [1.54, 1.807) is 12.1 Å². The number of ether oxygens (including phenoxy) is 1. The number of para-hydroxylation sites is 1. The van der Waals surface area contributed by atoms with Crippen molar-refractivity contribution in [3.05, 3.63) is 53.3 Å². The van der Waals surface area contributed by atoms with E-state index in [2.05, 4.69) is 18.8 Å². The fraction of sp³-hybridized carbons (Fsp3) is 0.250. The average molecular weight is 341 g/mol. The van der Waals surface area contributed by atoms with Gasteiger partial charge in [-0.25, -0.2) is 4.39 Å². The predicted octanol–water partition coefficient (Wildman–Crippen LogP) is 4.73. The minimum absolute atomic E-state index is 0.134. The van der Waals surface area contributed by atoms with E-state index < -0.39 is 11.8 Å². The van der Waals surface area contributed by atoms with E-state index in [1.807, 2.05) is 18.2 Å². The van der Waals surface area contributed by atoms with Gasteiger partial charge >= 0.3 is 5.97 Å². The Morgan fingerprint density at radius 2 is 2.04 bits per heavy atom. The molecule has 2 N–H and O–H groups in total. The highest BCUT2D eigenvalue weighted by molar-refractivity contribution is 5.95. The summed E-state index contributed by atoms with van der Waals surface area (Å²) in [4.78, 5) is 14.7. The molecule has 0 spiro atoms. The third-order valence-electron chi connectivity index (χ3n) is 4.36. The minimum Gasteiger partial charge on any atom is -0.494 e. The number of rotatable bonds is 5. The van der Waals surface area contributed by atoms with Crippen LogP contribution in [0.3, 0.4) is 0 Å². The van der Waals surface area contributed by atoms with E-state index in [1.165, 1.54) is 13.2 Å². The number of carboxylic acids is 1. The first-order chi connectivity index (χ1) is 11.9. The molecule has 0 atom stereocenters. The van der Waals surface area contributed by atoms with Crippen LogP contribution < -0.4 is 4.74 Å². The summed E-state index contributed by atoms with van der Waals surface area (Å²) in [6, 6.07) is 10.5. The van der Waals surface area contributed by atoms with Crippen LogP contribution in [0.25, 0.3) is 22.2 Å². The third-order valence-corrected chi connectivity index (χ3v) is 4.36. The molecule has 3 aromatic rings. The Balaban J connectivity index is 2.27. The standard InChI is InChI=1S/C20H20FNO3/c1-11(2)13-5-4-6-14-15(10-18(23)24)19(22-20(13)14)12-7-8-17(25-3)16(21)9-12/h4-9,11,22H,10H2,1-3H3,(H,23,24). The molecule has 1 heterocycles. The van der Waals surface area contributed by atoms with Crippen molar-refractivity contribution in [2.75, 3.05) is 7.11 Å². The summed E-state index contributed by atoms with van der Waals surface area (Å²) in [6.07, 6.45) is -0.134. The van der Waals surface area contributed by atoms with Crippen molar-refractivity contribution in [2.45, 2.75) is 26.2 Å². The van der Waals surface area contributed by atoms with Gasteiger partial charge in [0, 0.05) is 16.5 Å². The van der Waals surface area contributed by atoms with Crippen molar-refractivity contribution >= 4 is 16.9 Å². The molecular weight excluding hydrogens is 321 g/mol. The van der Waals surface area contributed by atoms with Crippen LogP contribution in [0.5, 0.6) is 5.75 Å². The van der Waals surface area contributed by atoms with Crippen LogP contribution in [0.4, 0.5) is 4.39 Å². The molecule has 0 fully saturated rings. The first kappa shape index (κ1) is 17.0. The fourth-order valence-electron chi connectivity index (χ4n) is 3.18. The third kappa shape index (κ3) is 3.09. The van der Waals surface area contributed by atoms with E-state index in [-0.39, 0.29) is 18.1 Å². The molecule has 3 rings (SSSR count). The summed E-state index contributed by atoms with van der Waals surface area (Å²) in [5, 5.41) is 10.2. The maximum absolute atomic E-state index is 14.1. The van der Waals surface area contributed by atoms with Crippen molar-refractivity contribution in [1.82, 2.24) is 4.98 Å². The normalized spacial score (nSPS) is 11.2. The Labute approximate surface area is 145 Å². The second kappa shape index (κ2) is 6.59. The van der Waals surface area contributed by atoms with Crippen molar-refractivity contribution in [1.29, 1.82) is 0 Å². The van der Waals surface area contributed by atoms with Crippen LogP contribution >= 0.6 is 0 Å². The summed E-state index contributed by atoms with van der Waals surface area (Å²) >= 11 is 0. The molecule has 0 aliphatic rings. The highest BCUT2D eigenvalue weighted by Gasteiger charge is 2.19. The average Bonchev–Trinajstić information content (AvgIpc) is 2.92. The maximum Gasteiger partial charge on any atom is 0.307 e. The number of hydrogen-bond donors (Lipinski definition) is 2. The quantitative estimate of drug-likeness (QED) is 0.705. The molecule has 4 nitrogen and oxygen atoms in total. The van der Waals surface area contributed by atoms with Crippen LogP contribution in [0.15, 0.2) is 36.4 Å². The number of halogens is 1. The topological polar surface area (TPSA) is 62.3 Å². The van der Waals surface area contributed by atoms with Gasteiger partial charge in [-0.2, -0.15) is 0 Å². The van der Waals surface area contributed by atoms with E-state index in [0.29, 0.717) is 16.8 Å². The van der Waals surface area contributed by atoms with Crippen molar-refractivity contribution in [3.8, 4) is 17.0 Å². The molecule has 130 valence electrons. The summed E-state index contributed by atoms with van der Waals surface area (Å²) < 4.78 is 19.1. The van der Waals surface area contributed by atoms with Crippen molar-refractivity contribution < 1.29 is 19.0 Å².